The Hall–Kier alpha value is -0.650. The minimum atomic E-state index is 0. The van der Waals surface area contributed by atoms with E-state index in [1.165, 1.54) is 21.1 Å². The van der Waals surface area contributed by atoms with Crippen LogP contribution in [0, 0.1) is 0 Å². The fourth-order valence-electron chi connectivity index (χ4n) is 2.01. The van der Waals surface area contributed by atoms with Gasteiger partial charge in [0.2, 0.25) is 0 Å². The van der Waals surface area contributed by atoms with E-state index in [-0.39, 0.29) is 30.3 Å². The highest BCUT2D eigenvalue weighted by molar-refractivity contribution is 7.15. The number of fused-ring (bicyclic) bond motifs is 1. The van der Waals surface area contributed by atoms with Crippen molar-refractivity contribution >= 4 is 36.2 Å². The quantitative estimate of drug-likeness (QED) is 0.877. The first-order valence-corrected chi connectivity index (χ1v) is 6.50. The van der Waals surface area contributed by atoms with Crippen LogP contribution in [0.2, 0.25) is 0 Å². The Morgan fingerprint density at radius 1 is 1.00 bits per heavy atom. The number of halogens is 2. The fraction of sp³-hybridized carbons (Fsp3) is 0.308. The maximum Gasteiger partial charge on any atom is 0.123 e. The minimum absolute atomic E-state index is 0. The van der Waals surface area contributed by atoms with E-state index in [0.717, 1.165) is 25.9 Å². The maximum absolute atomic E-state index is 4.76. The number of benzene rings is 1. The Morgan fingerprint density at radius 2 is 1.68 bits per heavy atom. The van der Waals surface area contributed by atoms with Crippen molar-refractivity contribution in [2.24, 2.45) is 0 Å². The minimum Gasteiger partial charge on any atom is -0.412 e. The monoisotopic (exact) mass is 320 g/mol. The molecule has 0 aliphatic carbocycles. The Labute approximate surface area is 129 Å². The zero-order valence-electron chi connectivity index (χ0n) is 10.4. The molecule has 0 saturated carbocycles. The smallest absolute Gasteiger partial charge is 0.123 e. The van der Waals surface area contributed by atoms with Gasteiger partial charge in [0, 0.05) is 30.0 Å². The van der Waals surface area contributed by atoms with Gasteiger partial charge < -0.3 is 10.8 Å². The van der Waals surface area contributed by atoms with E-state index in [4.69, 9.17) is 4.98 Å². The summed E-state index contributed by atoms with van der Waals surface area (Å²) in [7, 11) is 0. The molecule has 0 atom stereocenters. The number of nitrogens with zero attached hydrogens (tertiary/aromatic N) is 1. The summed E-state index contributed by atoms with van der Waals surface area (Å²) in [4.78, 5) is 6.22. The number of thiazole rings is 1. The van der Waals surface area contributed by atoms with Gasteiger partial charge in [-0.25, -0.2) is 4.98 Å². The second kappa shape index (κ2) is 8.51. The first kappa shape index (κ1) is 18.4. The molecule has 2 aromatic rings. The average molecular weight is 321 g/mol. The van der Waals surface area contributed by atoms with E-state index in [0.29, 0.717) is 0 Å². The van der Waals surface area contributed by atoms with Gasteiger partial charge in [0.15, 0.2) is 0 Å². The molecular formula is C13H18Cl2N2OS. The van der Waals surface area contributed by atoms with Crippen molar-refractivity contribution in [3.63, 3.8) is 0 Å². The molecule has 0 unspecified atom stereocenters. The molecule has 1 aliphatic rings. The molecule has 0 spiro atoms. The molecule has 0 radical (unpaired) electrons. The molecule has 3 rings (SSSR count). The summed E-state index contributed by atoms with van der Waals surface area (Å²) < 4.78 is 0. The van der Waals surface area contributed by atoms with Crippen molar-refractivity contribution < 1.29 is 5.48 Å². The summed E-state index contributed by atoms with van der Waals surface area (Å²) in [6.45, 7) is 2.15. The van der Waals surface area contributed by atoms with E-state index in [9.17, 15) is 0 Å². The molecule has 0 fully saturated rings. The number of rotatable bonds is 1. The summed E-state index contributed by atoms with van der Waals surface area (Å²) >= 11 is 1.85. The highest BCUT2D eigenvalue weighted by Crippen LogP contribution is 2.29. The molecule has 1 aromatic carbocycles. The van der Waals surface area contributed by atoms with Crippen LogP contribution in [-0.4, -0.2) is 23.5 Å². The lowest BCUT2D eigenvalue weighted by atomic mass is 10.2. The summed E-state index contributed by atoms with van der Waals surface area (Å²) in [5, 5.41) is 4.58. The van der Waals surface area contributed by atoms with Gasteiger partial charge in [0.25, 0.3) is 0 Å². The predicted octanol–water partition coefficient (Wildman–Crippen LogP) is 2.52. The van der Waals surface area contributed by atoms with Gasteiger partial charge in [-0.3, -0.25) is 0 Å². The third-order valence-corrected chi connectivity index (χ3v) is 4.07. The molecule has 3 N–H and O–H groups in total. The topological polar surface area (TPSA) is 56.4 Å². The second-order valence-corrected chi connectivity index (χ2v) is 5.09. The van der Waals surface area contributed by atoms with Gasteiger partial charge >= 0.3 is 0 Å². The van der Waals surface area contributed by atoms with E-state index < -0.39 is 0 Å². The van der Waals surface area contributed by atoms with Crippen molar-refractivity contribution in [1.82, 2.24) is 10.3 Å². The molecule has 19 heavy (non-hydrogen) atoms. The lowest BCUT2D eigenvalue weighted by Crippen LogP contribution is -2.16. The molecule has 3 nitrogen and oxygen atoms in total. The SMILES string of the molecule is Cl.Cl.O.c1ccc(-c2nc3c(s2)CCNCC3)cc1. The van der Waals surface area contributed by atoms with Crippen LogP contribution in [0.5, 0.6) is 0 Å². The fourth-order valence-corrected chi connectivity index (χ4v) is 3.12. The van der Waals surface area contributed by atoms with Crippen LogP contribution in [0.15, 0.2) is 30.3 Å². The second-order valence-electron chi connectivity index (χ2n) is 4.00. The first-order chi connectivity index (χ1) is 7.93. The van der Waals surface area contributed by atoms with Crippen molar-refractivity contribution in [1.29, 1.82) is 0 Å². The number of aromatic nitrogens is 1. The molecular weight excluding hydrogens is 303 g/mol. The number of hydrogen-bond acceptors (Lipinski definition) is 3. The Balaban J connectivity index is 0.00000108. The van der Waals surface area contributed by atoms with Crippen LogP contribution in [-0.2, 0) is 12.8 Å². The molecule has 6 heteroatoms. The van der Waals surface area contributed by atoms with Crippen LogP contribution in [0.3, 0.4) is 0 Å². The van der Waals surface area contributed by atoms with E-state index in [2.05, 4.69) is 29.6 Å². The summed E-state index contributed by atoms with van der Waals surface area (Å²) in [5.74, 6) is 0. The van der Waals surface area contributed by atoms with Crippen LogP contribution in [0.25, 0.3) is 10.6 Å². The van der Waals surface area contributed by atoms with Gasteiger partial charge in [0.05, 0.1) is 5.69 Å². The van der Waals surface area contributed by atoms with Gasteiger partial charge in [-0.1, -0.05) is 30.3 Å². The predicted molar refractivity (Wildman–Crippen MR) is 85.9 cm³/mol. The van der Waals surface area contributed by atoms with Crippen molar-refractivity contribution in [3.8, 4) is 10.6 Å². The van der Waals surface area contributed by atoms with Crippen molar-refractivity contribution in [2.75, 3.05) is 13.1 Å². The van der Waals surface area contributed by atoms with Gasteiger partial charge in [-0.15, -0.1) is 36.2 Å². The summed E-state index contributed by atoms with van der Waals surface area (Å²) in [6, 6.07) is 10.5. The molecule has 0 bridgehead atoms. The Morgan fingerprint density at radius 3 is 2.42 bits per heavy atom. The number of hydrogen-bond donors (Lipinski definition) is 1. The zero-order valence-corrected chi connectivity index (χ0v) is 12.8. The molecule has 0 saturated heterocycles. The Bertz CT molecular complexity index is 467. The average Bonchev–Trinajstić information content (AvgIpc) is 2.62. The maximum atomic E-state index is 4.76. The molecule has 106 valence electrons. The zero-order chi connectivity index (χ0) is 10.8. The first-order valence-electron chi connectivity index (χ1n) is 5.68. The standard InChI is InChI=1S/C13H14N2S.2ClH.H2O/c1-2-4-10(5-3-1)13-15-11-6-8-14-9-7-12(11)16-13;;;/h1-5,14H,6-9H2;2*1H;1H2. The van der Waals surface area contributed by atoms with Crippen LogP contribution in [0.4, 0.5) is 0 Å². The van der Waals surface area contributed by atoms with Gasteiger partial charge in [-0.05, 0) is 6.42 Å². The highest BCUT2D eigenvalue weighted by atomic mass is 35.5. The third kappa shape index (κ3) is 4.16. The molecule has 1 aliphatic heterocycles. The molecule has 1 aromatic heterocycles. The summed E-state index contributed by atoms with van der Waals surface area (Å²) in [5.41, 5.74) is 2.54. The van der Waals surface area contributed by atoms with Crippen LogP contribution < -0.4 is 5.32 Å². The van der Waals surface area contributed by atoms with E-state index in [1.807, 2.05) is 17.4 Å². The van der Waals surface area contributed by atoms with Crippen molar-refractivity contribution in [3.05, 3.63) is 40.9 Å². The largest absolute Gasteiger partial charge is 0.412 e. The van der Waals surface area contributed by atoms with E-state index >= 15 is 0 Å². The number of nitrogens with one attached hydrogen (secondary N) is 1. The van der Waals surface area contributed by atoms with Gasteiger partial charge in [-0.2, -0.15) is 0 Å². The van der Waals surface area contributed by atoms with Gasteiger partial charge in [0.1, 0.15) is 5.01 Å². The van der Waals surface area contributed by atoms with Crippen molar-refractivity contribution in [2.45, 2.75) is 12.8 Å². The molecule has 0 amide bonds. The normalized spacial score (nSPS) is 13.1. The molecule has 2 heterocycles. The highest BCUT2D eigenvalue weighted by Gasteiger charge is 2.14. The lowest BCUT2D eigenvalue weighted by Gasteiger charge is -1.96. The van der Waals surface area contributed by atoms with Crippen LogP contribution >= 0.6 is 36.2 Å². The van der Waals surface area contributed by atoms with Crippen LogP contribution in [0.1, 0.15) is 10.6 Å². The third-order valence-electron chi connectivity index (χ3n) is 2.87. The summed E-state index contributed by atoms with van der Waals surface area (Å²) in [6.07, 6.45) is 2.19. The Kier molecular flexibility index (Phi) is 8.22. The van der Waals surface area contributed by atoms with E-state index in [1.54, 1.807) is 0 Å². The lowest BCUT2D eigenvalue weighted by molar-refractivity contribution is 0.709.